The standard InChI is InChI=1S/C4H12O3Si2/c5-4(6)2-1-3-9-7-8/h1-3,9H2,8H3,(H,5,6). The molecule has 54 valence electrons. The number of carboxylic acids is 1. The largest absolute Gasteiger partial charge is 0.481 e. The summed E-state index contributed by atoms with van der Waals surface area (Å²) in [6.07, 6.45) is 1.10. The molecule has 0 aliphatic rings. The Bertz CT molecular complexity index is 85.9. The van der Waals surface area contributed by atoms with Gasteiger partial charge in [-0.25, -0.2) is 0 Å². The average Bonchev–Trinajstić information content (AvgIpc) is 1.80. The zero-order chi connectivity index (χ0) is 7.11. The van der Waals surface area contributed by atoms with Gasteiger partial charge < -0.3 is 9.22 Å². The number of hydrogen-bond donors (Lipinski definition) is 1. The van der Waals surface area contributed by atoms with Crippen LogP contribution in [-0.2, 0) is 8.91 Å². The molecule has 0 aromatic heterocycles. The van der Waals surface area contributed by atoms with Crippen LogP contribution in [0.2, 0.25) is 6.04 Å². The number of aliphatic carboxylic acids is 1. The third kappa shape index (κ3) is 7.86. The molecule has 0 aliphatic heterocycles. The quantitative estimate of drug-likeness (QED) is 0.404. The van der Waals surface area contributed by atoms with E-state index in [2.05, 4.69) is 0 Å². The fraction of sp³-hybridized carbons (Fsp3) is 0.750. The zero-order valence-electron chi connectivity index (χ0n) is 5.59. The molecule has 0 saturated carbocycles. The fourth-order valence-electron chi connectivity index (χ4n) is 0.523. The van der Waals surface area contributed by atoms with Crippen molar-refractivity contribution in [3.05, 3.63) is 0 Å². The topological polar surface area (TPSA) is 46.5 Å². The van der Waals surface area contributed by atoms with Gasteiger partial charge in [0.2, 0.25) is 0 Å². The lowest BCUT2D eigenvalue weighted by atomic mass is 10.3. The first-order chi connectivity index (χ1) is 4.27. The maximum Gasteiger partial charge on any atom is 0.303 e. The molecule has 0 atom stereocenters. The van der Waals surface area contributed by atoms with Crippen LogP contribution in [0.25, 0.3) is 0 Å². The van der Waals surface area contributed by atoms with Gasteiger partial charge in [0.1, 0.15) is 20.2 Å². The summed E-state index contributed by atoms with van der Waals surface area (Å²) < 4.78 is 5.01. The monoisotopic (exact) mass is 164 g/mol. The Labute approximate surface area is 59.9 Å². The van der Waals surface area contributed by atoms with Crippen LogP contribution in [0.4, 0.5) is 0 Å². The first-order valence-corrected chi connectivity index (χ1v) is 5.37. The van der Waals surface area contributed by atoms with Crippen molar-refractivity contribution < 1.29 is 14.0 Å². The van der Waals surface area contributed by atoms with E-state index in [1.54, 1.807) is 0 Å². The molecule has 0 radical (unpaired) electrons. The van der Waals surface area contributed by atoms with E-state index in [0.717, 1.165) is 23.0 Å². The van der Waals surface area contributed by atoms with Gasteiger partial charge in [-0.05, 0) is 12.5 Å². The molecule has 0 aromatic carbocycles. The summed E-state index contributed by atoms with van der Waals surface area (Å²) in [5.41, 5.74) is 0. The highest BCUT2D eigenvalue weighted by Gasteiger charge is 1.94. The Hall–Kier alpha value is -0.136. The fourth-order valence-corrected chi connectivity index (χ4v) is 2.13. The highest BCUT2D eigenvalue weighted by atomic mass is 28.3. The molecule has 9 heavy (non-hydrogen) atoms. The van der Waals surface area contributed by atoms with E-state index in [1.165, 1.54) is 0 Å². The van der Waals surface area contributed by atoms with Gasteiger partial charge in [-0.1, -0.05) is 0 Å². The van der Waals surface area contributed by atoms with Crippen LogP contribution in [0.1, 0.15) is 12.8 Å². The molecule has 0 amide bonds. The molecule has 3 nitrogen and oxygen atoms in total. The normalized spacial score (nSPS) is 11.1. The summed E-state index contributed by atoms with van der Waals surface area (Å²) in [7, 11) is 0.493. The highest BCUT2D eigenvalue weighted by molar-refractivity contribution is 6.34. The Balaban J connectivity index is 2.83. The van der Waals surface area contributed by atoms with E-state index in [0.29, 0.717) is 6.42 Å². The van der Waals surface area contributed by atoms with E-state index in [1.807, 2.05) is 0 Å². The van der Waals surface area contributed by atoms with Crippen molar-refractivity contribution in [1.82, 2.24) is 0 Å². The third-order valence-corrected chi connectivity index (χ3v) is 3.41. The SMILES string of the molecule is O=C(O)CCC[SiH2]O[SiH3]. The lowest BCUT2D eigenvalue weighted by Gasteiger charge is -1.93. The van der Waals surface area contributed by atoms with Crippen molar-refractivity contribution in [3.63, 3.8) is 0 Å². The molecule has 5 heteroatoms. The first-order valence-electron chi connectivity index (χ1n) is 2.98. The van der Waals surface area contributed by atoms with Crippen LogP contribution in [0.5, 0.6) is 0 Å². The molecule has 0 bridgehead atoms. The van der Waals surface area contributed by atoms with E-state index < -0.39 is 5.97 Å². The Kier molecular flexibility index (Phi) is 5.90. The van der Waals surface area contributed by atoms with Crippen LogP contribution in [0.15, 0.2) is 0 Å². The summed E-state index contributed by atoms with van der Waals surface area (Å²) in [4.78, 5) is 9.95. The Morgan fingerprint density at radius 3 is 2.89 bits per heavy atom. The van der Waals surface area contributed by atoms with E-state index in [-0.39, 0.29) is 9.76 Å². The van der Waals surface area contributed by atoms with E-state index in [9.17, 15) is 4.79 Å². The molecule has 0 rings (SSSR count). The van der Waals surface area contributed by atoms with Gasteiger partial charge in [0, 0.05) is 6.42 Å². The van der Waals surface area contributed by atoms with Gasteiger partial charge in [0.15, 0.2) is 0 Å². The molecule has 0 heterocycles. The minimum Gasteiger partial charge on any atom is -0.481 e. The van der Waals surface area contributed by atoms with E-state index >= 15 is 0 Å². The molecule has 0 unspecified atom stereocenters. The summed E-state index contributed by atoms with van der Waals surface area (Å²) >= 11 is 0. The molecule has 0 aliphatic carbocycles. The summed E-state index contributed by atoms with van der Waals surface area (Å²) in [5, 5.41) is 8.20. The first kappa shape index (κ1) is 8.86. The van der Waals surface area contributed by atoms with Crippen molar-refractivity contribution in [3.8, 4) is 0 Å². The van der Waals surface area contributed by atoms with Crippen LogP contribution >= 0.6 is 0 Å². The van der Waals surface area contributed by atoms with Crippen LogP contribution in [0.3, 0.4) is 0 Å². The third-order valence-electron chi connectivity index (χ3n) is 0.989. The second-order valence-corrected chi connectivity index (χ2v) is 5.27. The lowest BCUT2D eigenvalue weighted by Crippen LogP contribution is -1.98. The number of hydrogen-bond acceptors (Lipinski definition) is 2. The van der Waals surface area contributed by atoms with Gasteiger partial charge in [-0.2, -0.15) is 0 Å². The maximum absolute atomic E-state index is 9.95. The lowest BCUT2D eigenvalue weighted by molar-refractivity contribution is -0.137. The van der Waals surface area contributed by atoms with Crippen LogP contribution < -0.4 is 0 Å². The van der Waals surface area contributed by atoms with Crippen LogP contribution in [0, 0.1) is 0 Å². The second kappa shape index (κ2) is 5.99. The van der Waals surface area contributed by atoms with Crippen LogP contribution in [-0.4, -0.2) is 31.3 Å². The summed E-state index contributed by atoms with van der Waals surface area (Å²) in [6, 6.07) is 1.01. The predicted octanol–water partition coefficient (Wildman–Crippen LogP) is -1.35. The van der Waals surface area contributed by atoms with Gasteiger partial charge in [-0.3, -0.25) is 4.79 Å². The van der Waals surface area contributed by atoms with Gasteiger partial charge >= 0.3 is 5.97 Å². The van der Waals surface area contributed by atoms with Crippen molar-refractivity contribution >= 4 is 26.2 Å². The molecule has 1 N–H and O–H groups in total. The van der Waals surface area contributed by atoms with Gasteiger partial charge in [0.25, 0.3) is 0 Å². The predicted molar refractivity (Wildman–Crippen MR) is 41.2 cm³/mol. The van der Waals surface area contributed by atoms with Gasteiger partial charge in [0.05, 0.1) is 0 Å². The van der Waals surface area contributed by atoms with Crippen molar-refractivity contribution in [2.75, 3.05) is 0 Å². The molecular weight excluding hydrogens is 152 g/mol. The number of rotatable bonds is 5. The molecule has 0 saturated heterocycles. The molecule has 0 aromatic rings. The minimum absolute atomic E-state index is 0.303. The highest BCUT2D eigenvalue weighted by Crippen LogP contribution is 1.93. The number of carbonyl (C=O) groups is 1. The van der Waals surface area contributed by atoms with Crippen molar-refractivity contribution in [2.45, 2.75) is 18.9 Å². The van der Waals surface area contributed by atoms with Crippen molar-refractivity contribution in [2.24, 2.45) is 0 Å². The zero-order valence-corrected chi connectivity index (χ0v) is 9.01. The van der Waals surface area contributed by atoms with E-state index in [4.69, 9.17) is 9.22 Å². The Morgan fingerprint density at radius 1 is 1.78 bits per heavy atom. The number of carboxylic acid groups (broad SMARTS) is 1. The maximum atomic E-state index is 9.95. The van der Waals surface area contributed by atoms with Crippen molar-refractivity contribution in [1.29, 1.82) is 0 Å². The smallest absolute Gasteiger partial charge is 0.303 e. The minimum atomic E-state index is -0.697. The molecule has 0 fully saturated rings. The second-order valence-electron chi connectivity index (χ2n) is 1.84. The molecular formula is C4H12O3Si2. The van der Waals surface area contributed by atoms with Gasteiger partial charge in [-0.15, -0.1) is 0 Å². The molecule has 0 spiro atoms. The summed E-state index contributed by atoms with van der Waals surface area (Å²) in [6.45, 7) is 0. The summed E-state index contributed by atoms with van der Waals surface area (Å²) in [5.74, 6) is -0.697. The average molecular weight is 164 g/mol. The Morgan fingerprint density at radius 2 is 2.44 bits per heavy atom.